The van der Waals surface area contributed by atoms with Crippen LogP contribution in [0.3, 0.4) is 0 Å². The maximum atomic E-state index is 11.7. The number of anilines is 1. The van der Waals surface area contributed by atoms with Gasteiger partial charge in [0.05, 0.1) is 10.2 Å². The molecule has 0 saturated carbocycles. The van der Waals surface area contributed by atoms with Crippen LogP contribution in [0.25, 0.3) is 10.2 Å². The Morgan fingerprint density at radius 2 is 2.11 bits per heavy atom. The van der Waals surface area contributed by atoms with Gasteiger partial charge in [-0.1, -0.05) is 31.3 Å². The van der Waals surface area contributed by atoms with Crippen molar-refractivity contribution in [3.05, 3.63) is 23.3 Å². The van der Waals surface area contributed by atoms with Crippen LogP contribution in [0.15, 0.2) is 12.1 Å². The lowest BCUT2D eigenvalue weighted by atomic mass is 10.1. The molecule has 1 amide bonds. The Kier molecular flexibility index (Phi) is 3.66. The molecule has 0 aliphatic rings. The minimum atomic E-state index is 0.0402. The van der Waals surface area contributed by atoms with Crippen LogP contribution in [-0.4, -0.2) is 10.9 Å². The molecule has 0 aliphatic heterocycles. The highest BCUT2D eigenvalue weighted by Crippen LogP contribution is 2.29. The largest absolute Gasteiger partial charge is 0.302 e. The van der Waals surface area contributed by atoms with Gasteiger partial charge in [0, 0.05) is 6.42 Å². The van der Waals surface area contributed by atoms with Gasteiger partial charge in [-0.05, 0) is 37.0 Å². The average molecular weight is 262 g/mol. The van der Waals surface area contributed by atoms with Crippen molar-refractivity contribution in [1.82, 2.24) is 4.98 Å². The first-order valence-electron chi connectivity index (χ1n) is 6.13. The summed E-state index contributed by atoms with van der Waals surface area (Å²) in [5.41, 5.74) is 3.37. The van der Waals surface area contributed by atoms with Crippen LogP contribution in [0.5, 0.6) is 0 Å². The van der Waals surface area contributed by atoms with E-state index in [1.807, 2.05) is 13.8 Å². The summed E-state index contributed by atoms with van der Waals surface area (Å²) in [6, 6.07) is 4.22. The number of hydrogen-bond acceptors (Lipinski definition) is 3. The van der Waals surface area contributed by atoms with Crippen molar-refractivity contribution in [2.24, 2.45) is 5.92 Å². The third-order valence-corrected chi connectivity index (χ3v) is 3.59. The molecule has 0 bridgehead atoms. The molecule has 1 aromatic heterocycles. The van der Waals surface area contributed by atoms with Crippen LogP contribution in [0.4, 0.5) is 5.13 Å². The minimum absolute atomic E-state index is 0.0402. The van der Waals surface area contributed by atoms with Gasteiger partial charge >= 0.3 is 0 Å². The zero-order valence-corrected chi connectivity index (χ0v) is 12.0. The van der Waals surface area contributed by atoms with Crippen molar-refractivity contribution in [3.63, 3.8) is 0 Å². The summed E-state index contributed by atoms with van der Waals surface area (Å²) < 4.78 is 1.13. The Morgan fingerprint density at radius 1 is 1.39 bits per heavy atom. The van der Waals surface area contributed by atoms with Crippen LogP contribution in [0.2, 0.25) is 0 Å². The van der Waals surface area contributed by atoms with E-state index in [0.29, 0.717) is 17.5 Å². The van der Waals surface area contributed by atoms with E-state index >= 15 is 0 Å². The molecule has 0 fully saturated rings. The highest BCUT2D eigenvalue weighted by molar-refractivity contribution is 7.22. The molecule has 0 spiro atoms. The van der Waals surface area contributed by atoms with E-state index in [0.717, 1.165) is 15.8 Å². The maximum Gasteiger partial charge on any atom is 0.226 e. The fourth-order valence-electron chi connectivity index (χ4n) is 1.97. The molecule has 0 radical (unpaired) electrons. The zero-order chi connectivity index (χ0) is 13.3. The monoisotopic (exact) mass is 262 g/mol. The summed E-state index contributed by atoms with van der Waals surface area (Å²) >= 11 is 1.54. The maximum absolute atomic E-state index is 11.7. The molecule has 0 aliphatic carbocycles. The first kappa shape index (κ1) is 13.0. The minimum Gasteiger partial charge on any atom is -0.302 e. The smallest absolute Gasteiger partial charge is 0.226 e. The second kappa shape index (κ2) is 5.06. The molecule has 3 nitrogen and oxygen atoms in total. The number of carbonyl (C=O) groups excluding carboxylic acids is 1. The lowest BCUT2D eigenvalue weighted by molar-refractivity contribution is -0.116. The predicted octanol–water partition coefficient (Wildman–Crippen LogP) is 3.90. The number of amides is 1. The SMILES string of the molecule is Cc1cc(C)c2nc(NC(=O)CC(C)C)sc2c1. The molecule has 1 aromatic carbocycles. The summed E-state index contributed by atoms with van der Waals surface area (Å²) in [5, 5.41) is 3.58. The fourth-order valence-corrected chi connectivity index (χ4v) is 3.02. The van der Waals surface area contributed by atoms with Gasteiger partial charge in [0.25, 0.3) is 0 Å². The van der Waals surface area contributed by atoms with Gasteiger partial charge in [-0.25, -0.2) is 4.98 Å². The van der Waals surface area contributed by atoms with Gasteiger partial charge in [0.2, 0.25) is 5.91 Å². The Labute approximate surface area is 111 Å². The Morgan fingerprint density at radius 3 is 2.78 bits per heavy atom. The van der Waals surface area contributed by atoms with Crippen molar-refractivity contribution in [2.45, 2.75) is 34.1 Å². The van der Waals surface area contributed by atoms with Gasteiger partial charge in [-0.15, -0.1) is 0 Å². The lowest BCUT2D eigenvalue weighted by Gasteiger charge is -2.03. The van der Waals surface area contributed by atoms with Crippen LogP contribution >= 0.6 is 11.3 Å². The standard InChI is InChI=1S/C14H18N2OS/c1-8(2)5-12(17)15-14-16-13-10(4)6-9(3)7-11(13)18-14/h6-8H,5H2,1-4H3,(H,15,16,17). The number of nitrogens with zero attached hydrogens (tertiary/aromatic N) is 1. The van der Waals surface area contributed by atoms with E-state index in [-0.39, 0.29) is 5.91 Å². The molecule has 1 heterocycles. The van der Waals surface area contributed by atoms with Gasteiger partial charge in [-0.3, -0.25) is 4.79 Å². The molecule has 96 valence electrons. The van der Waals surface area contributed by atoms with E-state index in [2.05, 4.69) is 36.3 Å². The molecule has 4 heteroatoms. The first-order chi connectivity index (χ1) is 8.45. The second-order valence-electron chi connectivity index (χ2n) is 5.09. The quantitative estimate of drug-likeness (QED) is 0.911. The van der Waals surface area contributed by atoms with Crippen LogP contribution < -0.4 is 5.32 Å². The molecule has 0 saturated heterocycles. The molecular weight excluding hydrogens is 244 g/mol. The molecule has 0 atom stereocenters. The number of rotatable bonds is 3. The number of benzene rings is 1. The van der Waals surface area contributed by atoms with E-state index in [1.54, 1.807) is 0 Å². The third-order valence-electron chi connectivity index (χ3n) is 2.67. The fraction of sp³-hybridized carbons (Fsp3) is 0.429. The summed E-state index contributed by atoms with van der Waals surface area (Å²) in [4.78, 5) is 16.2. The topological polar surface area (TPSA) is 42.0 Å². The van der Waals surface area contributed by atoms with E-state index in [4.69, 9.17) is 0 Å². The number of thiazole rings is 1. The van der Waals surface area contributed by atoms with E-state index in [1.165, 1.54) is 16.9 Å². The van der Waals surface area contributed by atoms with E-state index in [9.17, 15) is 4.79 Å². The molecule has 1 N–H and O–H groups in total. The lowest BCUT2D eigenvalue weighted by Crippen LogP contribution is -2.13. The highest BCUT2D eigenvalue weighted by atomic mass is 32.1. The van der Waals surface area contributed by atoms with Crippen LogP contribution in [-0.2, 0) is 4.79 Å². The zero-order valence-electron chi connectivity index (χ0n) is 11.2. The van der Waals surface area contributed by atoms with Gasteiger partial charge in [-0.2, -0.15) is 0 Å². The van der Waals surface area contributed by atoms with Crippen molar-refractivity contribution < 1.29 is 4.79 Å². The molecule has 0 unspecified atom stereocenters. The molecular formula is C14H18N2OS. The third kappa shape index (κ3) is 2.88. The predicted molar refractivity (Wildman–Crippen MR) is 77.2 cm³/mol. The summed E-state index contributed by atoms with van der Waals surface area (Å²) in [5.74, 6) is 0.404. The first-order valence-corrected chi connectivity index (χ1v) is 6.95. The van der Waals surface area contributed by atoms with Crippen molar-refractivity contribution in [1.29, 1.82) is 0 Å². The summed E-state index contributed by atoms with van der Waals surface area (Å²) in [6.07, 6.45) is 0.536. The van der Waals surface area contributed by atoms with Crippen molar-refractivity contribution in [3.8, 4) is 0 Å². The number of nitrogens with one attached hydrogen (secondary N) is 1. The number of fused-ring (bicyclic) bond motifs is 1. The van der Waals surface area contributed by atoms with Crippen LogP contribution in [0, 0.1) is 19.8 Å². The highest BCUT2D eigenvalue weighted by Gasteiger charge is 2.10. The molecule has 2 rings (SSSR count). The van der Waals surface area contributed by atoms with Crippen LogP contribution in [0.1, 0.15) is 31.4 Å². The van der Waals surface area contributed by atoms with Crippen molar-refractivity contribution in [2.75, 3.05) is 5.32 Å². The average Bonchev–Trinajstić information content (AvgIpc) is 2.58. The summed E-state index contributed by atoms with van der Waals surface area (Å²) in [6.45, 7) is 8.19. The Bertz CT molecular complexity index is 587. The normalized spacial score (nSPS) is 11.2. The number of hydrogen-bond donors (Lipinski definition) is 1. The second-order valence-corrected chi connectivity index (χ2v) is 6.12. The Balaban J connectivity index is 2.25. The van der Waals surface area contributed by atoms with Gasteiger partial charge in [0.15, 0.2) is 5.13 Å². The van der Waals surface area contributed by atoms with Gasteiger partial charge < -0.3 is 5.32 Å². The Hall–Kier alpha value is -1.42. The molecule has 2 aromatic rings. The summed E-state index contributed by atoms with van der Waals surface area (Å²) in [7, 11) is 0. The van der Waals surface area contributed by atoms with Crippen molar-refractivity contribution >= 4 is 32.6 Å². The molecule has 18 heavy (non-hydrogen) atoms. The van der Waals surface area contributed by atoms with E-state index < -0.39 is 0 Å². The number of carbonyl (C=O) groups is 1. The van der Waals surface area contributed by atoms with Gasteiger partial charge in [0.1, 0.15) is 0 Å². The number of aromatic nitrogens is 1. The number of aryl methyl sites for hydroxylation is 2.